The van der Waals surface area contributed by atoms with Gasteiger partial charge < -0.3 is 10.6 Å². The van der Waals surface area contributed by atoms with E-state index in [1.807, 2.05) is 31.2 Å². The summed E-state index contributed by atoms with van der Waals surface area (Å²) in [4.78, 5) is 35.9. The van der Waals surface area contributed by atoms with E-state index in [0.29, 0.717) is 21.5 Å². The Bertz CT molecular complexity index is 878. The maximum atomic E-state index is 11.8. The average molecular weight is 455 g/mol. The molecule has 0 spiro atoms. The van der Waals surface area contributed by atoms with Gasteiger partial charge in [-0.05, 0) is 30.7 Å². The first kappa shape index (κ1) is 22.9. The van der Waals surface area contributed by atoms with Gasteiger partial charge in [0.25, 0.3) is 5.91 Å². The lowest BCUT2D eigenvalue weighted by Gasteiger charge is -2.10. The largest absolute Gasteiger partial charge is 0.334 e. The van der Waals surface area contributed by atoms with Gasteiger partial charge in [-0.2, -0.15) is 0 Å². The SMILES string of the molecule is Cc1ccc(CNC(=O)NCC(=O)NNC(=O)CSc2cc(Cl)ccc2Cl)cc1. The summed E-state index contributed by atoms with van der Waals surface area (Å²) in [7, 11) is 0. The van der Waals surface area contributed by atoms with Crippen molar-refractivity contribution in [3.63, 3.8) is 0 Å². The number of urea groups is 1. The minimum atomic E-state index is -0.561. The molecule has 0 aliphatic heterocycles. The summed E-state index contributed by atoms with van der Waals surface area (Å²) in [5.41, 5.74) is 6.57. The second-order valence-electron chi connectivity index (χ2n) is 5.98. The molecule has 29 heavy (non-hydrogen) atoms. The number of hydrogen-bond acceptors (Lipinski definition) is 4. The van der Waals surface area contributed by atoms with E-state index >= 15 is 0 Å². The lowest BCUT2D eigenvalue weighted by molar-refractivity contribution is -0.127. The number of carbonyl (C=O) groups excluding carboxylic acids is 3. The third-order valence-corrected chi connectivity index (χ3v) is 5.31. The van der Waals surface area contributed by atoms with Gasteiger partial charge >= 0.3 is 6.03 Å². The molecule has 0 aromatic heterocycles. The van der Waals surface area contributed by atoms with Crippen molar-refractivity contribution in [1.82, 2.24) is 21.5 Å². The highest BCUT2D eigenvalue weighted by molar-refractivity contribution is 8.00. The van der Waals surface area contributed by atoms with Gasteiger partial charge in [0.2, 0.25) is 5.91 Å². The fourth-order valence-electron chi connectivity index (χ4n) is 2.06. The number of benzene rings is 2. The molecule has 154 valence electrons. The first-order valence-electron chi connectivity index (χ1n) is 8.56. The second kappa shape index (κ2) is 11.5. The highest BCUT2D eigenvalue weighted by Gasteiger charge is 2.09. The normalized spacial score (nSPS) is 10.2. The number of rotatable bonds is 7. The molecule has 0 atom stereocenters. The van der Waals surface area contributed by atoms with Crippen molar-refractivity contribution in [2.75, 3.05) is 12.3 Å². The molecule has 4 N–H and O–H groups in total. The molecule has 0 saturated carbocycles. The molecule has 0 saturated heterocycles. The van der Waals surface area contributed by atoms with Crippen molar-refractivity contribution in [3.05, 3.63) is 63.6 Å². The van der Waals surface area contributed by atoms with Gasteiger partial charge in [-0.3, -0.25) is 20.4 Å². The highest BCUT2D eigenvalue weighted by Crippen LogP contribution is 2.29. The molecule has 0 aliphatic rings. The minimum absolute atomic E-state index is 0.0325. The molecule has 0 bridgehead atoms. The van der Waals surface area contributed by atoms with Gasteiger partial charge in [0, 0.05) is 16.5 Å². The lowest BCUT2D eigenvalue weighted by atomic mass is 10.1. The molecule has 7 nitrogen and oxygen atoms in total. The Balaban J connectivity index is 1.62. The number of hydrogen-bond donors (Lipinski definition) is 4. The third kappa shape index (κ3) is 8.64. The molecule has 2 aromatic carbocycles. The van der Waals surface area contributed by atoms with Gasteiger partial charge in [0.1, 0.15) is 6.54 Å². The predicted octanol–water partition coefficient (Wildman–Crippen LogP) is 3.04. The maximum Gasteiger partial charge on any atom is 0.315 e. The third-order valence-electron chi connectivity index (χ3n) is 3.58. The Kier molecular flexibility index (Phi) is 9.11. The number of thioether (sulfide) groups is 1. The van der Waals surface area contributed by atoms with Crippen LogP contribution in [0.1, 0.15) is 11.1 Å². The molecular weight excluding hydrogens is 435 g/mol. The maximum absolute atomic E-state index is 11.8. The molecule has 0 heterocycles. The average Bonchev–Trinajstić information content (AvgIpc) is 2.70. The summed E-state index contributed by atoms with van der Waals surface area (Å²) in [6.07, 6.45) is 0. The lowest BCUT2D eigenvalue weighted by Crippen LogP contribution is -2.48. The van der Waals surface area contributed by atoms with Crippen molar-refractivity contribution in [1.29, 1.82) is 0 Å². The van der Waals surface area contributed by atoms with Crippen LogP contribution in [0.2, 0.25) is 10.0 Å². The number of aryl methyl sites for hydroxylation is 1. The van der Waals surface area contributed by atoms with Crippen molar-refractivity contribution in [3.8, 4) is 0 Å². The molecule has 0 radical (unpaired) electrons. The Hall–Kier alpha value is -2.42. The molecule has 4 amide bonds. The molecule has 0 aliphatic carbocycles. The molecule has 0 unspecified atom stereocenters. The van der Waals surface area contributed by atoms with E-state index in [1.54, 1.807) is 18.2 Å². The first-order valence-corrected chi connectivity index (χ1v) is 10.3. The van der Waals surface area contributed by atoms with E-state index in [2.05, 4.69) is 21.5 Å². The number of amides is 4. The zero-order valence-electron chi connectivity index (χ0n) is 15.6. The van der Waals surface area contributed by atoms with E-state index < -0.39 is 17.8 Å². The first-order chi connectivity index (χ1) is 13.8. The summed E-state index contributed by atoms with van der Waals surface area (Å²) in [5, 5.41) is 6.05. The van der Waals surface area contributed by atoms with Crippen LogP contribution in [0.15, 0.2) is 47.4 Å². The molecule has 2 aromatic rings. The van der Waals surface area contributed by atoms with E-state index in [0.717, 1.165) is 11.1 Å². The Morgan fingerprint density at radius 3 is 2.34 bits per heavy atom. The van der Waals surface area contributed by atoms with Crippen molar-refractivity contribution < 1.29 is 14.4 Å². The molecule has 0 fully saturated rings. The van der Waals surface area contributed by atoms with Crippen LogP contribution in [-0.2, 0) is 16.1 Å². The number of hydrazine groups is 1. The zero-order valence-corrected chi connectivity index (χ0v) is 17.9. The fraction of sp³-hybridized carbons (Fsp3) is 0.211. The van der Waals surface area contributed by atoms with Crippen LogP contribution >= 0.6 is 35.0 Å². The van der Waals surface area contributed by atoms with Gasteiger partial charge in [0.05, 0.1) is 10.8 Å². The Labute approximate surface area is 182 Å². The van der Waals surface area contributed by atoms with Crippen LogP contribution in [0.5, 0.6) is 0 Å². The summed E-state index contributed by atoms with van der Waals surface area (Å²) in [5.74, 6) is -0.956. The smallest absolute Gasteiger partial charge is 0.315 e. The van der Waals surface area contributed by atoms with Gasteiger partial charge in [-0.25, -0.2) is 4.79 Å². The second-order valence-corrected chi connectivity index (χ2v) is 7.84. The van der Waals surface area contributed by atoms with Crippen LogP contribution in [0, 0.1) is 6.92 Å². The summed E-state index contributed by atoms with van der Waals surface area (Å²) >= 11 is 13.1. The van der Waals surface area contributed by atoms with E-state index in [9.17, 15) is 14.4 Å². The van der Waals surface area contributed by atoms with Crippen LogP contribution in [0.4, 0.5) is 4.79 Å². The van der Waals surface area contributed by atoms with Crippen LogP contribution in [0.3, 0.4) is 0 Å². The van der Waals surface area contributed by atoms with E-state index in [-0.39, 0.29) is 12.3 Å². The van der Waals surface area contributed by atoms with Gasteiger partial charge in [-0.1, -0.05) is 53.0 Å². The van der Waals surface area contributed by atoms with Crippen molar-refractivity contribution in [2.45, 2.75) is 18.4 Å². The quantitative estimate of drug-likeness (QED) is 0.381. The van der Waals surface area contributed by atoms with Crippen molar-refractivity contribution >= 4 is 52.8 Å². The van der Waals surface area contributed by atoms with Gasteiger partial charge in [-0.15, -0.1) is 11.8 Å². The summed E-state index contributed by atoms with van der Waals surface area (Å²) < 4.78 is 0. The van der Waals surface area contributed by atoms with Crippen LogP contribution in [0.25, 0.3) is 0 Å². The Morgan fingerprint density at radius 1 is 0.931 bits per heavy atom. The number of halogens is 2. The van der Waals surface area contributed by atoms with Gasteiger partial charge in [0.15, 0.2) is 0 Å². The molecule has 10 heteroatoms. The number of carbonyl (C=O) groups is 3. The predicted molar refractivity (Wildman–Crippen MR) is 115 cm³/mol. The molecular formula is C19H20Cl2N4O3S. The zero-order chi connectivity index (χ0) is 21.2. The Morgan fingerprint density at radius 2 is 1.62 bits per heavy atom. The topological polar surface area (TPSA) is 99.3 Å². The van der Waals surface area contributed by atoms with E-state index in [1.165, 1.54) is 11.8 Å². The summed E-state index contributed by atoms with van der Waals surface area (Å²) in [6, 6.07) is 12.2. The van der Waals surface area contributed by atoms with Crippen LogP contribution in [-0.4, -0.2) is 30.1 Å². The number of nitrogens with one attached hydrogen (secondary N) is 4. The summed E-state index contributed by atoms with van der Waals surface area (Å²) in [6.45, 7) is 2.04. The van der Waals surface area contributed by atoms with E-state index in [4.69, 9.17) is 23.2 Å². The van der Waals surface area contributed by atoms with Crippen LogP contribution < -0.4 is 21.5 Å². The molecule has 2 rings (SSSR count). The standard InChI is InChI=1S/C19H20Cl2N4O3S/c1-12-2-4-13(5-3-12)9-22-19(28)23-10-17(26)24-25-18(27)11-29-16-8-14(20)6-7-15(16)21/h2-8H,9-11H2,1H3,(H,24,26)(H,25,27)(H2,22,23,28). The monoisotopic (exact) mass is 454 g/mol. The fourth-order valence-corrected chi connectivity index (χ4v) is 3.36. The minimum Gasteiger partial charge on any atom is -0.334 e. The van der Waals surface area contributed by atoms with Crippen molar-refractivity contribution in [2.24, 2.45) is 0 Å². The highest BCUT2D eigenvalue weighted by atomic mass is 35.5.